The van der Waals surface area contributed by atoms with Crippen LogP contribution in [0.2, 0.25) is 0 Å². The van der Waals surface area contributed by atoms with Gasteiger partial charge in [0.25, 0.3) is 0 Å². The highest BCUT2D eigenvalue weighted by atomic mass is 15.1. The van der Waals surface area contributed by atoms with Crippen LogP contribution in [0.4, 0.5) is 17.1 Å². The van der Waals surface area contributed by atoms with E-state index in [-0.39, 0.29) is 5.41 Å². The van der Waals surface area contributed by atoms with E-state index in [1.54, 1.807) is 11.1 Å². The molecule has 0 saturated heterocycles. The Bertz CT molecular complexity index is 2380. The maximum absolute atomic E-state index is 2.57. The summed E-state index contributed by atoms with van der Waals surface area (Å²) < 4.78 is 0. The Morgan fingerprint density at radius 3 is 1.76 bits per heavy atom. The summed E-state index contributed by atoms with van der Waals surface area (Å²) in [6.45, 7) is 0. The van der Waals surface area contributed by atoms with Crippen molar-refractivity contribution >= 4 is 38.6 Å². The summed E-state index contributed by atoms with van der Waals surface area (Å²) in [5, 5.41) is 5.11. The third-order valence-corrected chi connectivity index (χ3v) is 13.0. The largest absolute Gasteiger partial charge is 0.309 e. The maximum atomic E-state index is 2.57. The van der Waals surface area contributed by atoms with Gasteiger partial charge >= 0.3 is 0 Å². The monoisotopic (exact) mass is 629 g/mol. The molecule has 0 aliphatic heterocycles. The smallest absolute Gasteiger partial charge is 0.0543 e. The van der Waals surface area contributed by atoms with Crippen molar-refractivity contribution in [2.24, 2.45) is 23.7 Å². The molecule has 0 heterocycles. The van der Waals surface area contributed by atoms with Gasteiger partial charge in [0.15, 0.2) is 0 Å². The third kappa shape index (κ3) is 3.88. The van der Waals surface area contributed by atoms with Crippen LogP contribution in [0, 0.1) is 23.7 Å². The molecule has 4 saturated carbocycles. The Morgan fingerprint density at radius 2 is 0.980 bits per heavy atom. The van der Waals surface area contributed by atoms with Gasteiger partial charge in [-0.3, -0.25) is 0 Å². The Labute approximate surface area is 288 Å². The molecule has 0 radical (unpaired) electrons. The zero-order valence-electron chi connectivity index (χ0n) is 27.7. The van der Waals surface area contributed by atoms with E-state index in [4.69, 9.17) is 0 Å². The third-order valence-electron chi connectivity index (χ3n) is 13.0. The van der Waals surface area contributed by atoms with E-state index in [1.807, 2.05) is 0 Å². The topological polar surface area (TPSA) is 3.24 Å². The molecule has 49 heavy (non-hydrogen) atoms. The number of nitrogens with zero attached hydrogens (tertiary/aromatic N) is 1. The molecule has 1 spiro atoms. The normalized spacial score (nSPS) is 24.4. The van der Waals surface area contributed by atoms with E-state index in [0.717, 1.165) is 23.7 Å². The van der Waals surface area contributed by atoms with Crippen LogP contribution < -0.4 is 4.90 Å². The van der Waals surface area contributed by atoms with Crippen LogP contribution in [0.25, 0.3) is 43.8 Å². The molecular formula is C48H39N. The standard InChI is InChI=1S/C48H39N/c1-3-14-39-33(10-1)12-7-17-40(39)35-22-24-38(25-23-35)49(45-20-8-13-34-11-2-4-15-41(34)45)46-21-9-19-44-47(46)42-16-5-6-18-43(42)48(44)36-27-31-26-32(29-36)30-37(48)28-31/h1-25,31-32,36-37H,26-30H2. The zero-order chi connectivity index (χ0) is 32.1. The molecular weight excluding hydrogens is 591 g/mol. The van der Waals surface area contributed by atoms with Crippen LogP contribution >= 0.6 is 0 Å². The first-order valence-electron chi connectivity index (χ1n) is 18.4. The van der Waals surface area contributed by atoms with Crippen LogP contribution in [-0.4, -0.2) is 0 Å². The molecule has 7 aromatic rings. The second-order valence-electron chi connectivity index (χ2n) is 15.3. The van der Waals surface area contributed by atoms with E-state index < -0.39 is 0 Å². The first-order chi connectivity index (χ1) is 24.3. The van der Waals surface area contributed by atoms with E-state index in [1.165, 1.54) is 93.0 Å². The first-order valence-corrected chi connectivity index (χ1v) is 18.4. The van der Waals surface area contributed by atoms with E-state index in [2.05, 4.69) is 157 Å². The SMILES string of the molecule is c1ccc2c(c1)-c1c(N(c3ccc(-c4cccc5ccccc45)cc3)c3cccc4ccccc34)cccc1C21C2CC3CC(C2)CC1C3. The van der Waals surface area contributed by atoms with Gasteiger partial charge in [-0.2, -0.15) is 0 Å². The summed E-state index contributed by atoms with van der Waals surface area (Å²) in [4.78, 5) is 2.57. The minimum Gasteiger partial charge on any atom is -0.309 e. The highest BCUT2D eigenvalue weighted by molar-refractivity contribution is 6.03. The lowest BCUT2D eigenvalue weighted by Crippen LogP contribution is -2.55. The number of hydrogen-bond donors (Lipinski definition) is 0. The van der Waals surface area contributed by atoms with Crippen LogP contribution in [0.15, 0.2) is 152 Å². The van der Waals surface area contributed by atoms with E-state index in [0.29, 0.717) is 0 Å². The van der Waals surface area contributed by atoms with Gasteiger partial charge < -0.3 is 4.90 Å². The fraction of sp³-hybridized carbons (Fsp3) is 0.208. The molecule has 5 aliphatic rings. The molecule has 0 atom stereocenters. The molecule has 0 amide bonds. The molecule has 0 N–H and O–H groups in total. The van der Waals surface area contributed by atoms with Crippen molar-refractivity contribution in [2.75, 3.05) is 4.90 Å². The maximum Gasteiger partial charge on any atom is 0.0543 e. The van der Waals surface area contributed by atoms with Gasteiger partial charge in [-0.1, -0.05) is 127 Å². The van der Waals surface area contributed by atoms with E-state index in [9.17, 15) is 0 Å². The minimum absolute atomic E-state index is 0.137. The number of benzene rings is 7. The Hall–Kier alpha value is -5.14. The van der Waals surface area contributed by atoms with Crippen LogP contribution in [0.5, 0.6) is 0 Å². The zero-order valence-corrected chi connectivity index (χ0v) is 27.7. The van der Waals surface area contributed by atoms with Crippen molar-refractivity contribution in [3.05, 3.63) is 163 Å². The van der Waals surface area contributed by atoms with Crippen LogP contribution in [-0.2, 0) is 5.41 Å². The fourth-order valence-electron chi connectivity index (χ4n) is 11.4. The fourth-order valence-corrected chi connectivity index (χ4v) is 11.4. The van der Waals surface area contributed by atoms with Crippen molar-refractivity contribution in [1.82, 2.24) is 0 Å². The van der Waals surface area contributed by atoms with Crippen molar-refractivity contribution in [3.63, 3.8) is 0 Å². The van der Waals surface area contributed by atoms with Gasteiger partial charge in [-0.25, -0.2) is 0 Å². The molecule has 1 nitrogen and oxygen atoms in total. The first kappa shape index (κ1) is 27.8. The molecule has 4 fully saturated rings. The number of fused-ring (bicyclic) bond motifs is 5. The van der Waals surface area contributed by atoms with Crippen molar-refractivity contribution in [2.45, 2.75) is 37.5 Å². The van der Waals surface area contributed by atoms with Crippen LogP contribution in [0.1, 0.15) is 43.2 Å². The molecule has 4 bridgehead atoms. The lowest BCUT2D eigenvalue weighted by Gasteiger charge is -2.61. The number of rotatable bonds is 4. The summed E-state index contributed by atoms with van der Waals surface area (Å²) >= 11 is 0. The van der Waals surface area contributed by atoms with Gasteiger partial charge in [-0.05, 0) is 124 Å². The highest BCUT2D eigenvalue weighted by Crippen LogP contribution is 2.70. The van der Waals surface area contributed by atoms with Gasteiger partial charge in [0, 0.05) is 22.1 Å². The molecule has 1 heteroatoms. The summed E-state index contributed by atoms with van der Waals surface area (Å²) in [6.07, 6.45) is 7.06. The van der Waals surface area contributed by atoms with Gasteiger partial charge in [0.05, 0.1) is 11.4 Å². The lowest BCUT2D eigenvalue weighted by molar-refractivity contribution is -0.0399. The second-order valence-corrected chi connectivity index (χ2v) is 15.3. The van der Waals surface area contributed by atoms with Crippen molar-refractivity contribution < 1.29 is 0 Å². The van der Waals surface area contributed by atoms with Gasteiger partial charge in [0.1, 0.15) is 0 Å². The number of anilines is 3. The quantitative estimate of drug-likeness (QED) is 0.187. The summed E-state index contributed by atoms with van der Waals surface area (Å²) in [5.41, 5.74) is 12.5. The lowest BCUT2D eigenvalue weighted by atomic mass is 9.43. The predicted octanol–water partition coefficient (Wildman–Crippen LogP) is 12.9. The molecule has 236 valence electrons. The predicted molar refractivity (Wildman–Crippen MR) is 205 cm³/mol. The number of hydrogen-bond acceptors (Lipinski definition) is 1. The van der Waals surface area contributed by atoms with Gasteiger partial charge in [0.2, 0.25) is 0 Å². The Kier molecular flexibility index (Phi) is 5.91. The van der Waals surface area contributed by atoms with Gasteiger partial charge in [-0.15, -0.1) is 0 Å². The molecule has 7 aromatic carbocycles. The average Bonchev–Trinajstić information content (AvgIpc) is 3.45. The highest BCUT2D eigenvalue weighted by Gasteiger charge is 2.61. The average molecular weight is 630 g/mol. The summed E-state index contributed by atoms with van der Waals surface area (Å²) in [6, 6.07) is 57.2. The Morgan fingerprint density at radius 1 is 0.429 bits per heavy atom. The van der Waals surface area contributed by atoms with E-state index >= 15 is 0 Å². The second kappa shape index (κ2) is 10.4. The van der Waals surface area contributed by atoms with Crippen LogP contribution in [0.3, 0.4) is 0 Å². The molecule has 12 rings (SSSR count). The molecule has 5 aliphatic carbocycles. The summed E-state index contributed by atoms with van der Waals surface area (Å²) in [5.74, 6) is 3.35. The Balaban J connectivity index is 1.14. The van der Waals surface area contributed by atoms with Crippen molar-refractivity contribution in [1.29, 1.82) is 0 Å². The summed E-state index contributed by atoms with van der Waals surface area (Å²) in [7, 11) is 0. The van der Waals surface area contributed by atoms with Crippen molar-refractivity contribution in [3.8, 4) is 22.3 Å². The molecule has 0 aromatic heterocycles. The molecule has 0 unspecified atom stereocenters. The minimum atomic E-state index is 0.137.